The van der Waals surface area contributed by atoms with Crippen molar-refractivity contribution in [3.63, 3.8) is 0 Å². The monoisotopic (exact) mass is 336 g/mol. The number of aromatic amines is 1. The molecule has 1 unspecified atom stereocenters. The Morgan fingerprint density at radius 1 is 1.28 bits per heavy atom. The van der Waals surface area contributed by atoms with Crippen molar-refractivity contribution in [1.29, 1.82) is 0 Å². The first-order valence-corrected chi connectivity index (χ1v) is 8.06. The summed E-state index contributed by atoms with van der Waals surface area (Å²) >= 11 is 0. The number of para-hydroxylation sites is 1. The summed E-state index contributed by atoms with van der Waals surface area (Å²) in [5, 5.41) is 3.42. The van der Waals surface area contributed by atoms with Gasteiger partial charge < -0.3 is 5.32 Å². The van der Waals surface area contributed by atoms with Crippen LogP contribution >= 0.6 is 0 Å². The first kappa shape index (κ1) is 15.3. The molecule has 2 aromatic heterocycles. The molecule has 0 aliphatic carbocycles. The summed E-state index contributed by atoms with van der Waals surface area (Å²) in [5.74, 6) is -0.117. The van der Waals surface area contributed by atoms with Gasteiger partial charge in [-0.1, -0.05) is 12.1 Å². The molecule has 7 nitrogen and oxygen atoms in total. The van der Waals surface area contributed by atoms with Crippen LogP contribution in [0, 0.1) is 5.92 Å². The Labute approximate surface area is 142 Å². The van der Waals surface area contributed by atoms with Crippen molar-refractivity contribution in [3.05, 3.63) is 74.7 Å². The van der Waals surface area contributed by atoms with Crippen molar-refractivity contribution in [2.24, 2.45) is 5.92 Å². The summed E-state index contributed by atoms with van der Waals surface area (Å²) in [6.45, 7) is 0.894. The van der Waals surface area contributed by atoms with Crippen molar-refractivity contribution < 1.29 is 4.79 Å². The molecule has 7 heteroatoms. The predicted octanol–water partition coefficient (Wildman–Crippen LogP) is 0.687. The number of aromatic nitrogens is 3. The maximum absolute atomic E-state index is 12.2. The van der Waals surface area contributed by atoms with E-state index in [0.717, 1.165) is 5.56 Å². The van der Waals surface area contributed by atoms with E-state index >= 15 is 0 Å². The normalized spacial score (nSPS) is 15.9. The van der Waals surface area contributed by atoms with Crippen LogP contribution in [0.3, 0.4) is 0 Å². The van der Waals surface area contributed by atoms with Gasteiger partial charge in [0.05, 0.1) is 16.5 Å². The van der Waals surface area contributed by atoms with Gasteiger partial charge in [-0.2, -0.15) is 0 Å². The number of nitrogens with zero attached hydrogens (tertiary/aromatic N) is 2. The molecule has 25 heavy (non-hydrogen) atoms. The summed E-state index contributed by atoms with van der Waals surface area (Å²) in [6.07, 6.45) is 3.83. The smallest absolute Gasteiger partial charge is 0.328 e. The zero-order valence-corrected chi connectivity index (χ0v) is 13.4. The predicted molar refractivity (Wildman–Crippen MR) is 92.6 cm³/mol. The van der Waals surface area contributed by atoms with Gasteiger partial charge in [0, 0.05) is 25.5 Å². The molecule has 126 valence electrons. The van der Waals surface area contributed by atoms with E-state index in [9.17, 15) is 14.4 Å². The van der Waals surface area contributed by atoms with E-state index in [4.69, 9.17) is 0 Å². The molecule has 4 rings (SSSR count). The van der Waals surface area contributed by atoms with Gasteiger partial charge in [-0.3, -0.25) is 24.1 Å². The number of carbonyl (C=O) groups is 1. The third-order valence-electron chi connectivity index (χ3n) is 4.52. The van der Waals surface area contributed by atoms with Gasteiger partial charge in [0.25, 0.3) is 11.5 Å². The summed E-state index contributed by atoms with van der Waals surface area (Å²) in [7, 11) is 0. The van der Waals surface area contributed by atoms with Gasteiger partial charge in [0.2, 0.25) is 0 Å². The molecule has 1 atom stereocenters. The van der Waals surface area contributed by atoms with Crippen LogP contribution in [0.1, 0.15) is 15.9 Å². The lowest BCUT2D eigenvalue weighted by atomic mass is 9.93. The number of hydrogen-bond donors (Lipinski definition) is 2. The highest BCUT2D eigenvalue weighted by Gasteiger charge is 2.23. The standard InChI is InChI=1S/C18H16N4O3/c23-16(13-4-2-6-19-9-13)20-8-11-7-12-3-1-5-14-15(12)22(10-11)18(25)21-17(14)24/h1-6,9,11H,7-8,10H2,(H,20,23)(H,21,24,25). The van der Waals surface area contributed by atoms with Gasteiger partial charge in [-0.15, -0.1) is 0 Å². The molecule has 0 saturated carbocycles. The Hall–Kier alpha value is -3.22. The molecule has 0 spiro atoms. The average Bonchev–Trinajstić information content (AvgIpc) is 2.64. The first-order valence-electron chi connectivity index (χ1n) is 8.06. The Balaban J connectivity index is 1.58. The van der Waals surface area contributed by atoms with Crippen LogP contribution in [-0.2, 0) is 13.0 Å². The summed E-state index contributed by atoms with van der Waals surface area (Å²) in [5.41, 5.74) is 1.38. The molecular weight excluding hydrogens is 320 g/mol. The number of amides is 1. The van der Waals surface area contributed by atoms with Crippen LogP contribution in [-0.4, -0.2) is 27.0 Å². The fourth-order valence-corrected chi connectivity index (χ4v) is 3.37. The molecule has 0 saturated heterocycles. The van der Waals surface area contributed by atoms with Gasteiger partial charge in [0.1, 0.15) is 0 Å². The topological polar surface area (TPSA) is 96.9 Å². The number of rotatable bonds is 3. The third kappa shape index (κ3) is 2.73. The van der Waals surface area contributed by atoms with Crippen LogP contribution in [0.2, 0.25) is 0 Å². The van der Waals surface area contributed by atoms with E-state index in [-0.39, 0.29) is 17.4 Å². The minimum atomic E-state index is -0.409. The number of nitrogens with one attached hydrogen (secondary N) is 2. The second kappa shape index (κ2) is 6.01. The van der Waals surface area contributed by atoms with Crippen LogP contribution in [0.25, 0.3) is 10.9 Å². The quantitative estimate of drug-likeness (QED) is 0.735. The Bertz CT molecular complexity index is 1070. The maximum Gasteiger partial charge on any atom is 0.328 e. The van der Waals surface area contributed by atoms with E-state index < -0.39 is 5.69 Å². The van der Waals surface area contributed by atoms with E-state index in [2.05, 4.69) is 15.3 Å². The van der Waals surface area contributed by atoms with E-state index in [1.807, 2.05) is 12.1 Å². The minimum Gasteiger partial charge on any atom is -0.352 e. The highest BCUT2D eigenvalue weighted by molar-refractivity contribution is 5.93. The van der Waals surface area contributed by atoms with E-state index in [1.165, 1.54) is 6.20 Å². The molecule has 0 bridgehead atoms. The van der Waals surface area contributed by atoms with Crippen molar-refractivity contribution in [3.8, 4) is 0 Å². The van der Waals surface area contributed by atoms with Crippen LogP contribution < -0.4 is 16.6 Å². The van der Waals surface area contributed by atoms with Gasteiger partial charge >= 0.3 is 5.69 Å². The largest absolute Gasteiger partial charge is 0.352 e. The molecule has 1 aromatic carbocycles. The van der Waals surface area contributed by atoms with Gasteiger partial charge in [0.15, 0.2) is 0 Å². The molecule has 3 aromatic rings. The lowest BCUT2D eigenvalue weighted by Crippen LogP contribution is -2.39. The van der Waals surface area contributed by atoms with Crippen molar-refractivity contribution >= 4 is 16.8 Å². The zero-order chi connectivity index (χ0) is 17.4. The highest BCUT2D eigenvalue weighted by atomic mass is 16.2. The van der Waals surface area contributed by atoms with Crippen molar-refractivity contribution in [2.75, 3.05) is 6.54 Å². The molecule has 0 radical (unpaired) electrons. The Morgan fingerprint density at radius 2 is 2.16 bits per heavy atom. The maximum atomic E-state index is 12.2. The summed E-state index contributed by atoms with van der Waals surface area (Å²) in [6, 6.07) is 8.88. The Kier molecular flexibility index (Phi) is 3.68. The summed E-state index contributed by atoms with van der Waals surface area (Å²) < 4.78 is 1.59. The number of H-pyrrole nitrogens is 1. The molecule has 2 N–H and O–H groups in total. The fourth-order valence-electron chi connectivity index (χ4n) is 3.37. The van der Waals surface area contributed by atoms with Gasteiger partial charge in [-0.25, -0.2) is 4.79 Å². The SMILES string of the molecule is O=C(NCC1Cc2cccc3c(=O)[nH]c(=O)n(c23)C1)c1cccnc1. The van der Waals surface area contributed by atoms with Crippen LogP contribution in [0.5, 0.6) is 0 Å². The third-order valence-corrected chi connectivity index (χ3v) is 4.52. The molecule has 3 heterocycles. The lowest BCUT2D eigenvalue weighted by molar-refractivity contribution is 0.0945. The number of pyridine rings is 1. The first-order chi connectivity index (χ1) is 12.1. The zero-order valence-electron chi connectivity index (χ0n) is 13.4. The van der Waals surface area contributed by atoms with E-state index in [0.29, 0.717) is 36.0 Å². The molecule has 1 aliphatic rings. The van der Waals surface area contributed by atoms with Crippen molar-refractivity contribution in [2.45, 2.75) is 13.0 Å². The molecular formula is C18H16N4O3. The second-order valence-corrected chi connectivity index (χ2v) is 6.21. The molecule has 1 amide bonds. The second-order valence-electron chi connectivity index (χ2n) is 6.21. The molecule has 0 fully saturated rings. The number of benzene rings is 1. The van der Waals surface area contributed by atoms with Crippen molar-refractivity contribution in [1.82, 2.24) is 19.9 Å². The van der Waals surface area contributed by atoms with Crippen LogP contribution in [0.4, 0.5) is 0 Å². The Morgan fingerprint density at radius 3 is 2.96 bits per heavy atom. The van der Waals surface area contributed by atoms with E-state index in [1.54, 1.807) is 29.0 Å². The average molecular weight is 336 g/mol. The number of hydrogen-bond acceptors (Lipinski definition) is 4. The lowest BCUT2D eigenvalue weighted by Gasteiger charge is -2.26. The summed E-state index contributed by atoms with van der Waals surface area (Å²) in [4.78, 5) is 42.6. The number of carbonyl (C=O) groups excluding carboxylic acids is 1. The molecule has 1 aliphatic heterocycles. The minimum absolute atomic E-state index is 0.0716. The van der Waals surface area contributed by atoms with Gasteiger partial charge in [-0.05, 0) is 36.1 Å². The van der Waals surface area contributed by atoms with Crippen LogP contribution in [0.15, 0.2) is 52.3 Å². The fraction of sp³-hybridized carbons (Fsp3) is 0.222. The highest BCUT2D eigenvalue weighted by Crippen LogP contribution is 2.24.